The van der Waals surface area contributed by atoms with Crippen molar-refractivity contribution in [3.05, 3.63) is 122 Å². The summed E-state index contributed by atoms with van der Waals surface area (Å²) in [7, 11) is 0. The second-order valence-corrected chi connectivity index (χ2v) is 29.0. The van der Waals surface area contributed by atoms with Crippen LogP contribution in [0.1, 0.15) is 218 Å². The van der Waals surface area contributed by atoms with Gasteiger partial charge >= 0.3 is 0 Å². The molecule has 2 aliphatic heterocycles. The Bertz CT molecular complexity index is 3270. The maximum atomic E-state index is 7.76. The largest absolute Gasteiger partial charge is 0.468 e. The Morgan fingerprint density at radius 3 is 1.34 bits per heavy atom. The number of anilines is 6. The zero-order valence-electron chi connectivity index (χ0n) is 46.4. The van der Waals surface area contributed by atoms with Crippen LogP contribution in [0.4, 0.5) is 34.1 Å². The highest BCUT2D eigenvalue weighted by atomic mass is 16.3. The Labute approximate surface area is 422 Å². The molecule has 6 aliphatic rings. The number of hydrogen-bond acceptors (Lipinski definition) is 3. The van der Waals surface area contributed by atoms with E-state index in [-0.39, 0.29) is 50.0 Å². The molecule has 0 saturated heterocycles. The van der Waals surface area contributed by atoms with Crippen molar-refractivity contribution < 1.29 is 4.42 Å². The van der Waals surface area contributed by atoms with Crippen molar-refractivity contribution in [1.29, 1.82) is 0 Å². The van der Waals surface area contributed by atoms with Crippen LogP contribution in [0.5, 0.6) is 0 Å². The molecule has 364 valence electrons. The molecule has 0 bridgehead atoms. The van der Waals surface area contributed by atoms with E-state index in [1.807, 2.05) is 0 Å². The summed E-state index contributed by atoms with van der Waals surface area (Å²) >= 11 is 0. The van der Waals surface area contributed by atoms with Crippen LogP contribution in [0.15, 0.2) is 71.1 Å². The summed E-state index contributed by atoms with van der Waals surface area (Å²) in [5, 5.41) is 1.24. The van der Waals surface area contributed by atoms with Gasteiger partial charge < -0.3 is 14.2 Å². The lowest BCUT2D eigenvalue weighted by Crippen LogP contribution is -2.61. The lowest BCUT2D eigenvalue weighted by Gasteiger charge is -2.48. The molecule has 0 saturated carbocycles. The topological polar surface area (TPSA) is 19.6 Å². The third-order valence-corrected chi connectivity index (χ3v) is 20.3. The average molecular weight is 929 g/mol. The maximum Gasteiger partial charge on any atom is 0.297 e. The number of nitrogens with zero attached hydrogens (tertiary/aromatic N) is 2. The van der Waals surface area contributed by atoms with E-state index in [4.69, 9.17) is 4.42 Å². The van der Waals surface area contributed by atoms with Gasteiger partial charge in [-0.15, -0.1) is 0 Å². The summed E-state index contributed by atoms with van der Waals surface area (Å²) in [4.78, 5) is 5.41. The molecule has 5 aromatic carbocycles. The summed E-state index contributed by atoms with van der Waals surface area (Å²) in [6.07, 6.45) is 9.43. The summed E-state index contributed by atoms with van der Waals surface area (Å²) < 4.78 is 7.76. The number of furan rings is 1. The second-order valence-electron chi connectivity index (χ2n) is 29.0. The first kappa shape index (κ1) is 46.4. The molecule has 0 N–H and O–H groups in total. The molecule has 0 atom stereocenters. The lowest BCUT2D eigenvalue weighted by molar-refractivity contribution is 0.331. The van der Waals surface area contributed by atoms with Crippen molar-refractivity contribution in [2.24, 2.45) is 0 Å². The molecule has 1 aromatic heterocycles. The van der Waals surface area contributed by atoms with Crippen LogP contribution in [0, 0.1) is 13.8 Å². The highest BCUT2D eigenvalue weighted by Gasteiger charge is 2.51. The number of hydrogen-bond donors (Lipinski definition) is 0. The zero-order valence-corrected chi connectivity index (χ0v) is 46.4. The zero-order chi connectivity index (χ0) is 50.0. The number of aryl methyl sites for hydroxylation is 2. The van der Waals surface area contributed by atoms with Gasteiger partial charge in [-0.3, -0.25) is 0 Å². The van der Waals surface area contributed by atoms with Gasteiger partial charge in [-0.05, 0) is 224 Å². The van der Waals surface area contributed by atoms with E-state index in [0.29, 0.717) is 0 Å². The normalized spacial score (nSPS) is 22.8. The molecule has 0 fully saturated rings. The number of benzene rings is 5. The minimum atomic E-state index is -0.0963. The first-order chi connectivity index (χ1) is 32.4. The fraction of sp³-hybridized carbons (Fsp3) is 0.515. The van der Waals surface area contributed by atoms with Crippen LogP contribution in [0.3, 0.4) is 0 Å². The quantitative estimate of drug-likeness (QED) is 0.161. The molecule has 3 nitrogen and oxygen atoms in total. The molecule has 0 unspecified atom stereocenters. The molecule has 4 aliphatic carbocycles. The predicted octanol–water partition coefficient (Wildman–Crippen LogP) is 16.5. The first-order valence-electron chi connectivity index (χ1n) is 27.3. The van der Waals surface area contributed by atoms with Gasteiger partial charge in [0.05, 0.1) is 11.3 Å². The molecule has 0 amide bonds. The van der Waals surface area contributed by atoms with Crippen LogP contribution < -0.4 is 26.4 Å². The van der Waals surface area contributed by atoms with Gasteiger partial charge in [0, 0.05) is 33.8 Å². The fourth-order valence-electron chi connectivity index (χ4n) is 14.9. The fourth-order valence-corrected chi connectivity index (χ4v) is 14.9. The molecule has 0 radical (unpaired) electrons. The van der Waals surface area contributed by atoms with Gasteiger partial charge in [-0.2, -0.15) is 0 Å². The van der Waals surface area contributed by atoms with Crippen LogP contribution in [0.25, 0.3) is 11.0 Å². The first-order valence-corrected chi connectivity index (χ1v) is 27.3. The van der Waals surface area contributed by atoms with E-state index >= 15 is 0 Å². The van der Waals surface area contributed by atoms with Gasteiger partial charge in [-0.1, -0.05) is 129 Å². The molecule has 3 heterocycles. The summed E-state index contributed by atoms with van der Waals surface area (Å²) in [6.45, 7) is 44.2. The van der Waals surface area contributed by atoms with Gasteiger partial charge in [0.25, 0.3) is 6.71 Å². The molecule has 4 heteroatoms. The van der Waals surface area contributed by atoms with E-state index in [2.05, 4.69) is 201 Å². The molecule has 12 rings (SSSR count). The molecule has 70 heavy (non-hydrogen) atoms. The average Bonchev–Trinajstić information content (AvgIpc) is 3.65. The van der Waals surface area contributed by atoms with E-state index in [1.165, 1.54) is 157 Å². The van der Waals surface area contributed by atoms with Crippen LogP contribution in [-0.2, 0) is 43.3 Å². The lowest BCUT2D eigenvalue weighted by atomic mass is 9.35. The van der Waals surface area contributed by atoms with Crippen molar-refractivity contribution in [3.8, 4) is 0 Å². The van der Waals surface area contributed by atoms with Crippen LogP contribution >= 0.6 is 0 Å². The molecule has 6 aromatic rings. The van der Waals surface area contributed by atoms with E-state index in [0.717, 1.165) is 11.2 Å². The van der Waals surface area contributed by atoms with Crippen molar-refractivity contribution in [2.45, 2.75) is 219 Å². The summed E-state index contributed by atoms with van der Waals surface area (Å²) in [6, 6.07) is 28.2. The predicted molar refractivity (Wildman–Crippen MR) is 301 cm³/mol. The Morgan fingerprint density at radius 2 is 0.814 bits per heavy atom. The van der Waals surface area contributed by atoms with Crippen LogP contribution in [0.2, 0.25) is 0 Å². The number of rotatable bonds is 2. The Balaban J connectivity index is 1.23. The molecule has 0 spiro atoms. The Kier molecular flexibility index (Phi) is 9.33. The van der Waals surface area contributed by atoms with Crippen LogP contribution in [-0.4, -0.2) is 6.71 Å². The van der Waals surface area contributed by atoms with E-state index in [1.54, 1.807) is 0 Å². The minimum Gasteiger partial charge on any atom is -0.468 e. The molecular formula is C66H81BN2O. The van der Waals surface area contributed by atoms with Gasteiger partial charge in [0.2, 0.25) is 0 Å². The summed E-state index contributed by atoms with van der Waals surface area (Å²) in [5.41, 5.74) is 27.6. The third-order valence-electron chi connectivity index (χ3n) is 20.3. The second kappa shape index (κ2) is 14.1. The van der Waals surface area contributed by atoms with Crippen molar-refractivity contribution >= 4 is 68.4 Å². The highest BCUT2D eigenvalue weighted by molar-refractivity contribution is 7.00. The smallest absolute Gasteiger partial charge is 0.297 e. The van der Waals surface area contributed by atoms with Crippen molar-refractivity contribution in [2.75, 3.05) is 9.80 Å². The SMILES string of the molecule is Cc1cc2c3c(c1)N(c1ccc4c(c1)C(C)(C)CCC4(C)C)c1c(oc4cc5c(cc14)C(C)(C)CCC5(C)C)B3c1cc3c(cc1N2c1cc2c(cc1C)C(C)(C)CCC2(C)C)C(C)(C)CCC3(C)C. The third kappa shape index (κ3) is 6.38. The van der Waals surface area contributed by atoms with Crippen molar-refractivity contribution in [3.63, 3.8) is 0 Å². The Morgan fingerprint density at radius 1 is 0.400 bits per heavy atom. The number of fused-ring (bicyclic) bond motifs is 10. The van der Waals surface area contributed by atoms with E-state index < -0.39 is 0 Å². The summed E-state index contributed by atoms with van der Waals surface area (Å²) in [5.74, 6) is 0. The minimum absolute atomic E-state index is 0.0375. The van der Waals surface area contributed by atoms with E-state index in [9.17, 15) is 0 Å². The van der Waals surface area contributed by atoms with Gasteiger partial charge in [0.1, 0.15) is 5.58 Å². The van der Waals surface area contributed by atoms with Crippen molar-refractivity contribution in [1.82, 2.24) is 0 Å². The molecular weight excluding hydrogens is 848 g/mol. The van der Waals surface area contributed by atoms with Gasteiger partial charge in [0.15, 0.2) is 0 Å². The standard InChI is InChI=1S/C66H81BN2O/c1-38-29-53-56-54(30-38)69(51-35-47-43(31-39(51)2)60(5,6)23-26-64(47,13)14)52-36-48-46(63(11,12)25-27-65(48,15)16)34-50(52)67(56)58-57(41-33-45-49(37-55(41)70-58)66(17,18)28-24-62(45,9)10)68(53)40-19-20-42-44(32-40)61(7,8)22-21-59(42,3)4/h19-20,29-37H,21-28H2,1-18H3. The highest BCUT2D eigenvalue weighted by Crippen LogP contribution is 2.56. The van der Waals surface area contributed by atoms with Gasteiger partial charge in [-0.25, -0.2) is 0 Å². The monoisotopic (exact) mass is 929 g/mol. The maximum absolute atomic E-state index is 7.76. The Hall–Kier alpha value is -4.70.